The molecule has 0 aromatic carbocycles. The summed E-state index contributed by atoms with van der Waals surface area (Å²) in [5.41, 5.74) is 0. The first-order valence-electron chi connectivity index (χ1n) is 4.90. The predicted octanol–water partition coefficient (Wildman–Crippen LogP) is 0.0688. The van der Waals surface area contributed by atoms with E-state index < -0.39 is 11.9 Å². The minimum absolute atomic E-state index is 0.0586. The van der Waals surface area contributed by atoms with E-state index in [0.717, 1.165) is 0 Å². The standard InChI is InChI=1S/C10H12N2O4S/c13-8(11-4-3-9(14)15)6-12-10(16)7-2-1-5-17-7/h1-2,5H,3-4,6H2,(H,11,13)(H,12,16)(H,14,15). The van der Waals surface area contributed by atoms with E-state index in [0.29, 0.717) is 4.88 Å². The summed E-state index contributed by atoms with van der Waals surface area (Å²) in [5, 5.41) is 14.9. The molecule has 6 nitrogen and oxygen atoms in total. The Morgan fingerprint density at radius 3 is 2.65 bits per heavy atom. The van der Waals surface area contributed by atoms with Crippen molar-refractivity contribution in [2.45, 2.75) is 6.42 Å². The topological polar surface area (TPSA) is 95.5 Å². The molecule has 0 unspecified atom stereocenters. The van der Waals surface area contributed by atoms with Gasteiger partial charge in [-0.1, -0.05) is 6.07 Å². The molecule has 0 bridgehead atoms. The lowest BCUT2D eigenvalue weighted by molar-refractivity contribution is -0.136. The molecular weight excluding hydrogens is 244 g/mol. The van der Waals surface area contributed by atoms with Gasteiger partial charge in [0.25, 0.3) is 5.91 Å². The number of thiophene rings is 1. The SMILES string of the molecule is O=C(O)CCNC(=O)CNC(=O)c1cccs1. The molecule has 0 aliphatic carbocycles. The molecule has 1 aromatic heterocycles. The molecule has 0 fully saturated rings. The Labute approximate surface area is 102 Å². The highest BCUT2D eigenvalue weighted by atomic mass is 32.1. The maximum atomic E-state index is 11.4. The van der Waals surface area contributed by atoms with E-state index in [1.807, 2.05) is 0 Å². The van der Waals surface area contributed by atoms with Crippen molar-refractivity contribution >= 4 is 29.1 Å². The highest BCUT2D eigenvalue weighted by Gasteiger charge is 2.08. The minimum Gasteiger partial charge on any atom is -0.481 e. The molecule has 2 amide bonds. The van der Waals surface area contributed by atoms with Crippen molar-refractivity contribution < 1.29 is 19.5 Å². The highest BCUT2D eigenvalue weighted by molar-refractivity contribution is 7.12. The van der Waals surface area contributed by atoms with Crippen molar-refractivity contribution in [3.05, 3.63) is 22.4 Å². The molecule has 3 N–H and O–H groups in total. The number of carboxylic acid groups (broad SMARTS) is 1. The minimum atomic E-state index is -0.979. The number of rotatable bonds is 6. The molecule has 1 heterocycles. The Kier molecular flexibility index (Phi) is 5.15. The van der Waals surface area contributed by atoms with Crippen LogP contribution in [0.3, 0.4) is 0 Å². The molecule has 0 aliphatic heterocycles. The molecule has 92 valence electrons. The van der Waals surface area contributed by atoms with Gasteiger partial charge in [0.15, 0.2) is 0 Å². The van der Waals surface area contributed by atoms with Gasteiger partial charge < -0.3 is 15.7 Å². The quantitative estimate of drug-likeness (QED) is 0.671. The number of aliphatic carboxylic acids is 1. The van der Waals surface area contributed by atoms with E-state index in [-0.39, 0.29) is 25.4 Å². The van der Waals surface area contributed by atoms with Crippen LogP contribution in [0, 0.1) is 0 Å². The molecule has 17 heavy (non-hydrogen) atoms. The Morgan fingerprint density at radius 1 is 1.29 bits per heavy atom. The zero-order valence-electron chi connectivity index (χ0n) is 8.93. The van der Waals surface area contributed by atoms with Gasteiger partial charge in [-0.15, -0.1) is 11.3 Å². The predicted molar refractivity (Wildman–Crippen MR) is 61.9 cm³/mol. The van der Waals surface area contributed by atoms with Crippen LogP contribution in [0.2, 0.25) is 0 Å². The Balaban J connectivity index is 2.20. The molecule has 1 aromatic rings. The third-order valence-electron chi connectivity index (χ3n) is 1.82. The van der Waals surface area contributed by atoms with Crippen LogP contribution in [-0.2, 0) is 9.59 Å². The summed E-state index contributed by atoms with van der Waals surface area (Å²) >= 11 is 1.28. The van der Waals surface area contributed by atoms with Crippen LogP contribution < -0.4 is 10.6 Å². The van der Waals surface area contributed by atoms with E-state index in [1.165, 1.54) is 11.3 Å². The average Bonchev–Trinajstić information content (AvgIpc) is 2.78. The average molecular weight is 256 g/mol. The fraction of sp³-hybridized carbons (Fsp3) is 0.300. The number of amides is 2. The molecule has 0 radical (unpaired) electrons. The van der Waals surface area contributed by atoms with Crippen molar-refractivity contribution in [2.75, 3.05) is 13.1 Å². The Bertz CT molecular complexity index is 402. The van der Waals surface area contributed by atoms with Gasteiger partial charge in [0.2, 0.25) is 5.91 Å². The summed E-state index contributed by atoms with van der Waals surface area (Å²) in [6.45, 7) is -0.0978. The fourth-order valence-corrected chi connectivity index (χ4v) is 1.67. The van der Waals surface area contributed by atoms with Gasteiger partial charge in [-0.25, -0.2) is 0 Å². The molecule has 0 saturated carbocycles. The Morgan fingerprint density at radius 2 is 2.06 bits per heavy atom. The number of carbonyl (C=O) groups is 3. The lowest BCUT2D eigenvalue weighted by Crippen LogP contribution is -2.37. The highest BCUT2D eigenvalue weighted by Crippen LogP contribution is 2.07. The second-order valence-electron chi connectivity index (χ2n) is 3.15. The summed E-state index contributed by atoms with van der Waals surface area (Å²) in [7, 11) is 0. The first-order valence-corrected chi connectivity index (χ1v) is 5.78. The fourth-order valence-electron chi connectivity index (χ4n) is 1.03. The number of carbonyl (C=O) groups excluding carboxylic acids is 2. The van der Waals surface area contributed by atoms with Gasteiger partial charge in [0.1, 0.15) is 0 Å². The summed E-state index contributed by atoms with van der Waals surface area (Å²) < 4.78 is 0. The van der Waals surface area contributed by atoms with Crippen LogP contribution >= 0.6 is 11.3 Å². The zero-order chi connectivity index (χ0) is 12.7. The van der Waals surface area contributed by atoms with E-state index in [2.05, 4.69) is 10.6 Å². The van der Waals surface area contributed by atoms with Gasteiger partial charge in [-0.05, 0) is 11.4 Å². The zero-order valence-corrected chi connectivity index (χ0v) is 9.75. The van der Waals surface area contributed by atoms with E-state index in [4.69, 9.17) is 5.11 Å². The molecule has 0 aliphatic rings. The van der Waals surface area contributed by atoms with Crippen LogP contribution in [0.25, 0.3) is 0 Å². The summed E-state index contributed by atoms with van der Waals surface area (Å²) in [6, 6.07) is 3.40. The normalized spacial score (nSPS) is 9.65. The van der Waals surface area contributed by atoms with Gasteiger partial charge in [0.05, 0.1) is 17.8 Å². The molecule has 0 atom stereocenters. The third kappa shape index (κ3) is 5.12. The van der Waals surface area contributed by atoms with Gasteiger partial charge >= 0.3 is 5.97 Å². The number of carboxylic acids is 1. The van der Waals surface area contributed by atoms with Crippen LogP contribution in [0.15, 0.2) is 17.5 Å². The van der Waals surface area contributed by atoms with Crippen molar-refractivity contribution in [2.24, 2.45) is 0 Å². The van der Waals surface area contributed by atoms with Gasteiger partial charge in [-0.3, -0.25) is 14.4 Å². The van der Waals surface area contributed by atoms with Crippen LogP contribution in [0.1, 0.15) is 16.1 Å². The largest absolute Gasteiger partial charge is 0.481 e. The summed E-state index contributed by atoms with van der Waals surface area (Å²) in [6.07, 6.45) is -0.134. The number of hydrogen-bond donors (Lipinski definition) is 3. The van der Waals surface area contributed by atoms with Gasteiger partial charge in [-0.2, -0.15) is 0 Å². The van der Waals surface area contributed by atoms with Gasteiger partial charge in [0, 0.05) is 6.54 Å². The second-order valence-corrected chi connectivity index (χ2v) is 4.10. The molecule has 1 rings (SSSR count). The monoisotopic (exact) mass is 256 g/mol. The lowest BCUT2D eigenvalue weighted by Gasteiger charge is -2.04. The lowest BCUT2D eigenvalue weighted by atomic mass is 10.4. The first kappa shape index (κ1) is 13.2. The van der Waals surface area contributed by atoms with Crippen LogP contribution in [-0.4, -0.2) is 36.0 Å². The van der Waals surface area contributed by atoms with Crippen molar-refractivity contribution in [3.8, 4) is 0 Å². The first-order chi connectivity index (χ1) is 8.09. The van der Waals surface area contributed by atoms with E-state index in [9.17, 15) is 14.4 Å². The summed E-state index contributed by atoms with van der Waals surface area (Å²) in [5.74, 6) is -1.70. The molecule has 0 spiro atoms. The molecular formula is C10H12N2O4S. The van der Waals surface area contributed by atoms with Crippen molar-refractivity contribution in [1.29, 1.82) is 0 Å². The third-order valence-corrected chi connectivity index (χ3v) is 2.68. The van der Waals surface area contributed by atoms with Crippen LogP contribution in [0.5, 0.6) is 0 Å². The van der Waals surface area contributed by atoms with Crippen LogP contribution in [0.4, 0.5) is 0 Å². The summed E-state index contributed by atoms with van der Waals surface area (Å²) in [4.78, 5) is 33.3. The maximum Gasteiger partial charge on any atom is 0.305 e. The second kappa shape index (κ2) is 6.64. The molecule has 7 heteroatoms. The van der Waals surface area contributed by atoms with Crippen molar-refractivity contribution in [3.63, 3.8) is 0 Å². The molecule has 0 saturated heterocycles. The number of nitrogens with one attached hydrogen (secondary N) is 2. The number of hydrogen-bond acceptors (Lipinski definition) is 4. The van der Waals surface area contributed by atoms with E-state index >= 15 is 0 Å². The Hall–Kier alpha value is -1.89. The maximum absolute atomic E-state index is 11.4. The van der Waals surface area contributed by atoms with E-state index in [1.54, 1.807) is 17.5 Å². The smallest absolute Gasteiger partial charge is 0.305 e. The van der Waals surface area contributed by atoms with Crippen molar-refractivity contribution in [1.82, 2.24) is 10.6 Å².